The van der Waals surface area contributed by atoms with E-state index in [-0.39, 0.29) is 10.6 Å². The van der Waals surface area contributed by atoms with Crippen LogP contribution in [0.3, 0.4) is 0 Å². The second-order valence-electron chi connectivity index (χ2n) is 5.85. The quantitative estimate of drug-likeness (QED) is 0.392. The van der Waals surface area contributed by atoms with Gasteiger partial charge in [0.05, 0.1) is 10.3 Å². The molecular weight excluding hydrogens is 348 g/mol. The monoisotopic (exact) mass is 362 g/mol. The zero-order chi connectivity index (χ0) is 18.1. The summed E-state index contributed by atoms with van der Waals surface area (Å²) >= 11 is 1.49. The Labute approximate surface area is 153 Å². The van der Waals surface area contributed by atoms with Crippen LogP contribution in [-0.4, -0.2) is 14.9 Å². The third kappa shape index (κ3) is 3.00. The van der Waals surface area contributed by atoms with Crippen molar-refractivity contribution in [3.63, 3.8) is 0 Å². The molecule has 26 heavy (non-hydrogen) atoms. The van der Waals surface area contributed by atoms with Gasteiger partial charge in [0.2, 0.25) is 0 Å². The molecule has 0 fully saturated rings. The molecular formula is C19H14N4O2S. The SMILES string of the molecule is Cc1cccc(Nc2ncnc3scc(-c4cccc([N+](=O)[O-])c4)c23)c1. The van der Waals surface area contributed by atoms with Crippen LogP contribution < -0.4 is 5.32 Å². The Morgan fingerprint density at radius 3 is 2.77 bits per heavy atom. The molecule has 4 rings (SSSR count). The smallest absolute Gasteiger partial charge is 0.270 e. The predicted molar refractivity (Wildman–Crippen MR) is 104 cm³/mol. The molecule has 128 valence electrons. The summed E-state index contributed by atoms with van der Waals surface area (Å²) in [7, 11) is 0. The summed E-state index contributed by atoms with van der Waals surface area (Å²) in [6, 6.07) is 14.6. The molecule has 0 bridgehead atoms. The molecule has 0 aliphatic heterocycles. The van der Waals surface area contributed by atoms with Crippen molar-refractivity contribution in [2.24, 2.45) is 0 Å². The summed E-state index contributed by atoms with van der Waals surface area (Å²) in [6.07, 6.45) is 1.52. The average Bonchev–Trinajstić information content (AvgIpc) is 3.07. The molecule has 1 N–H and O–H groups in total. The molecule has 7 heteroatoms. The summed E-state index contributed by atoms with van der Waals surface area (Å²) in [5.74, 6) is 0.684. The van der Waals surface area contributed by atoms with Crippen LogP contribution in [0.5, 0.6) is 0 Å². The van der Waals surface area contributed by atoms with Gasteiger partial charge in [-0.25, -0.2) is 9.97 Å². The minimum Gasteiger partial charge on any atom is -0.340 e. The van der Waals surface area contributed by atoms with Crippen molar-refractivity contribution >= 4 is 38.7 Å². The van der Waals surface area contributed by atoms with Crippen molar-refractivity contribution in [1.29, 1.82) is 0 Å². The molecule has 0 aliphatic carbocycles. The first-order valence-electron chi connectivity index (χ1n) is 7.92. The molecule has 0 aliphatic rings. The van der Waals surface area contributed by atoms with Crippen LogP contribution in [0.2, 0.25) is 0 Å². The number of non-ortho nitro benzene ring substituents is 1. The molecule has 2 aromatic heterocycles. The van der Waals surface area contributed by atoms with E-state index < -0.39 is 0 Å². The number of hydrogen-bond acceptors (Lipinski definition) is 6. The number of anilines is 2. The lowest BCUT2D eigenvalue weighted by molar-refractivity contribution is -0.384. The lowest BCUT2D eigenvalue weighted by Gasteiger charge is -2.09. The summed E-state index contributed by atoms with van der Waals surface area (Å²) in [4.78, 5) is 20.3. The Bertz CT molecular complexity index is 1120. The molecule has 0 amide bonds. The van der Waals surface area contributed by atoms with Crippen LogP contribution in [0.15, 0.2) is 60.2 Å². The van der Waals surface area contributed by atoms with Gasteiger partial charge in [-0.05, 0) is 30.2 Å². The van der Waals surface area contributed by atoms with Crippen molar-refractivity contribution in [3.8, 4) is 11.1 Å². The number of nitro groups is 1. The fraction of sp³-hybridized carbons (Fsp3) is 0.0526. The molecule has 4 aromatic rings. The van der Waals surface area contributed by atoms with E-state index in [1.54, 1.807) is 12.1 Å². The van der Waals surface area contributed by atoms with Crippen molar-refractivity contribution in [1.82, 2.24) is 9.97 Å². The number of thiophene rings is 1. The van der Waals surface area contributed by atoms with Crippen molar-refractivity contribution in [2.75, 3.05) is 5.32 Å². The maximum Gasteiger partial charge on any atom is 0.270 e. The van der Waals surface area contributed by atoms with Crippen LogP contribution in [0, 0.1) is 17.0 Å². The molecule has 0 radical (unpaired) electrons. The highest BCUT2D eigenvalue weighted by molar-refractivity contribution is 7.17. The highest BCUT2D eigenvalue weighted by Crippen LogP contribution is 2.38. The maximum atomic E-state index is 11.1. The number of hydrogen-bond donors (Lipinski definition) is 1. The first-order chi connectivity index (χ1) is 12.6. The van der Waals surface area contributed by atoms with Crippen molar-refractivity contribution < 1.29 is 4.92 Å². The summed E-state index contributed by atoms with van der Waals surface area (Å²) < 4.78 is 0. The largest absolute Gasteiger partial charge is 0.340 e. The van der Waals surface area contributed by atoms with E-state index in [0.29, 0.717) is 5.82 Å². The van der Waals surface area contributed by atoms with Crippen LogP contribution >= 0.6 is 11.3 Å². The van der Waals surface area contributed by atoms with Gasteiger partial charge in [-0.2, -0.15) is 0 Å². The summed E-state index contributed by atoms with van der Waals surface area (Å²) in [5.41, 5.74) is 3.79. The lowest BCUT2D eigenvalue weighted by atomic mass is 10.1. The van der Waals surface area contributed by atoms with Gasteiger partial charge in [-0.15, -0.1) is 11.3 Å². The van der Waals surface area contributed by atoms with E-state index in [1.807, 2.05) is 42.6 Å². The number of rotatable bonds is 4. The van der Waals surface area contributed by atoms with Crippen LogP contribution in [0.1, 0.15) is 5.56 Å². The van der Waals surface area contributed by atoms with Gasteiger partial charge < -0.3 is 5.32 Å². The van der Waals surface area contributed by atoms with E-state index >= 15 is 0 Å². The van der Waals surface area contributed by atoms with Gasteiger partial charge in [-0.1, -0.05) is 24.3 Å². The second kappa shape index (κ2) is 6.53. The van der Waals surface area contributed by atoms with E-state index in [9.17, 15) is 10.1 Å². The minimum atomic E-state index is -0.388. The topological polar surface area (TPSA) is 81.0 Å². The van der Waals surface area contributed by atoms with Crippen LogP contribution in [0.25, 0.3) is 21.3 Å². The third-order valence-electron chi connectivity index (χ3n) is 4.02. The number of nitrogens with one attached hydrogen (secondary N) is 1. The van der Waals surface area contributed by atoms with Crippen LogP contribution in [-0.2, 0) is 0 Å². The first kappa shape index (κ1) is 16.2. The van der Waals surface area contributed by atoms with E-state index in [2.05, 4.69) is 15.3 Å². The van der Waals surface area contributed by atoms with Gasteiger partial charge in [-0.3, -0.25) is 10.1 Å². The third-order valence-corrected chi connectivity index (χ3v) is 4.91. The zero-order valence-electron chi connectivity index (χ0n) is 13.8. The predicted octanol–water partition coefficient (Wildman–Crippen LogP) is 5.32. The van der Waals surface area contributed by atoms with Gasteiger partial charge in [0.25, 0.3) is 5.69 Å². The number of nitrogens with zero attached hydrogens (tertiary/aromatic N) is 3. The highest BCUT2D eigenvalue weighted by atomic mass is 32.1. The van der Waals surface area contributed by atoms with Crippen LogP contribution in [0.4, 0.5) is 17.2 Å². The Balaban J connectivity index is 1.85. The molecule has 0 unspecified atom stereocenters. The molecule has 0 saturated heterocycles. The van der Waals surface area contributed by atoms with Crippen molar-refractivity contribution in [2.45, 2.75) is 6.92 Å². The Morgan fingerprint density at radius 1 is 1.12 bits per heavy atom. The Morgan fingerprint density at radius 2 is 1.96 bits per heavy atom. The summed E-state index contributed by atoms with van der Waals surface area (Å²) in [6.45, 7) is 2.03. The molecule has 2 heterocycles. The standard InChI is InChI=1S/C19H14N4O2S/c1-12-4-2-6-14(8-12)22-18-17-16(10-26-19(17)21-11-20-18)13-5-3-7-15(9-13)23(24)25/h2-11H,1H3,(H,20,21,22). The highest BCUT2D eigenvalue weighted by Gasteiger charge is 2.15. The fourth-order valence-electron chi connectivity index (χ4n) is 2.83. The number of aromatic nitrogens is 2. The maximum absolute atomic E-state index is 11.1. The van der Waals surface area contributed by atoms with E-state index in [4.69, 9.17) is 0 Å². The number of benzene rings is 2. The average molecular weight is 362 g/mol. The van der Waals surface area contributed by atoms with Gasteiger partial charge >= 0.3 is 0 Å². The Kier molecular flexibility index (Phi) is 4.06. The van der Waals surface area contributed by atoms with Crippen molar-refractivity contribution in [3.05, 3.63) is 75.9 Å². The van der Waals surface area contributed by atoms with E-state index in [0.717, 1.165) is 32.6 Å². The number of nitro benzene ring substituents is 1. The van der Waals surface area contributed by atoms with Gasteiger partial charge in [0.15, 0.2) is 0 Å². The number of fused-ring (bicyclic) bond motifs is 1. The normalized spacial score (nSPS) is 10.8. The molecule has 2 aromatic carbocycles. The zero-order valence-corrected chi connectivity index (χ0v) is 14.7. The van der Waals surface area contributed by atoms with Gasteiger partial charge in [0.1, 0.15) is 17.0 Å². The fourth-order valence-corrected chi connectivity index (χ4v) is 3.74. The lowest BCUT2D eigenvalue weighted by Crippen LogP contribution is -1.96. The summed E-state index contributed by atoms with van der Waals surface area (Å²) in [5, 5.41) is 17.3. The second-order valence-corrected chi connectivity index (χ2v) is 6.71. The molecule has 0 atom stereocenters. The Hall–Kier alpha value is -3.32. The molecule has 0 saturated carbocycles. The van der Waals surface area contributed by atoms with E-state index in [1.165, 1.54) is 23.7 Å². The molecule has 0 spiro atoms. The number of aryl methyl sites for hydroxylation is 1. The first-order valence-corrected chi connectivity index (χ1v) is 8.80. The van der Waals surface area contributed by atoms with Gasteiger partial charge in [0, 0.05) is 28.8 Å². The minimum absolute atomic E-state index is 0.0619. The molecule has 6 nitrogen and oxygen atoms in total.